The van der Waals surface area contributed by atoms with Gasteiger partial charge in [0.05, 0.1) is 26.4 Å². The van der Waals surface area contributed by atoms with Crippen molar-refractivity contribution in [2.45, 2.75) is 19.6 Å². The van der Waals surface area contributed by atoms with Gasteiger partial charge in [0, 0.05) is 30.7 Å². The van der Waals surface area contributed by atoms with Gasteiger partial charge in [-0.25, -0.2) is 4.39 Å². The van der Waals surface area contributed by atoms with Crippen LogP contribution in [0.15, 0.2) is 23.2 Å². The van der Waals surface area contributed by atoms with Crippen LogP contribution in [0.4, 0.5) is 4.39 Å². The first-order valence-electron chi connectivity index (χ1n) is 7.73. The number of guanidine groups is 1. The molecular formula is C16H24ClFIN3O2. The van der Waals surface area contributed by atoms with Gasteiger partial charge < -0.3 is 19.7 Å². The summed E-state index contributed by atoms with van der Waals surface area (Å²) in [6.45, 7) is 5.31. The number of hydrogen-bond donors (Lipinski definition) is 1. The number of halogens is 3. The van der Waals surface area contributed by atoms with Crippen LogP contribution in [0.5, 0.6) is 0 Å². The van der Waals surface area contributed by atoms with E-state index in [4.69, 9.17) is 21.1 Å². The Bertz CT molecular complexity index is 522. The van der Waals surface area contributed by atoms with Gasteiger partial charge >= 0.3 is 0 Å². The quantitative estimate of drug-likeness (QED) is 0.408. The molecule has 24 heavy (non-hydrogen) atoms. The molecule has 0 saturated carbocycles. The molecule has 1 unspecified atom stereocenters. The van der Waals surface area contributed by atoms with Gasteiger partial charge in [-0.2, -0.15) is 0 Å². The molecule has 5 nitrogen and oxygen atoms in total. The van der Waals surface area contributed by atoms with Gasteiger partial charge in [-0.05, 0) is 19.1 Å². The van der Waals surface area contributed by atoms with E-state index in [1.54, 1.807) is 12.1 Å². The lowest BCUT2D eigenvalue weighted by atomic mass is 10.2. The van der Waals surface area contributed by atoms with E-state index >= 15 is 0 Å². The highest BCUT2D eigenvalue weighted by atomic mass is 127. The Labute approximate surface area is 164 Å². The molecule has 0 aliphatic carbocycles. The number of aliphatic imine (C=N–C) groups is 1. The van der Waals surface area contributed by atoms with Crippen molar-refractivity contribution < 1.29 is 13.9 Å². The first-order valence-corrected chi connectivity index (χ1v) is 8.11. The number of nitrogens with one attached hydrogen (secondary N) is 1. The Hall–Kier alpha value is -0.640. The van der Waals surface area contributed by atoms with Gasteiger partial charge in [-0.1, -0.05) is 17.7 Å². The molecule has 1 atom stereocenters. The minimum atomic E-state index is -0.316. The summed E-state index contributed by atoms with van der Waals surface area (Å²) in [5, 5.41) is 3.61. The summed E-state index contributed by atoms with van der Waals surface area (Å²) < 4.78 is 24.9. The molecular weight excluding hydrogens is 448 g/mol. The zero-order valence-electron chi connectivity index (χ0n) is 13.9. The summed E-state index contributed by atoms with van der Waals surface area (Å²) in [4.78, 5) is 6.40. The van der Waals surface area contributed by atoms with E-state index in [0.717, 1.165) is 6.54 Å². The maximum Gasteiger partial charge on any atom is 0.194 e. The molecule has 1 aromatic carbocycles. The van der Waals surface area contributed by atoms with Crippen LogP contribution in [0.2, 0.25) is 5.02 Å². The van der Waals surface area contributed by atoms with Gasteiger partial charge in [0.2, 0.25) is 0 Å². The standard InChI is InChI=1S/C16H23ClFN3O2.HI/c1-3-19-16(20-9-12-11-22-7-8-23-12)21(2)10-13-14(17)5-4-6-15(13)18;/h4-6,12H,3,7-11H2,1-2H3,(H,19,20);1H. The molecule has 0 amide bonds. The van der Waals surface area contributed by atoms with Crippen LogP contribution < -0.4 is 5.32 Å². The zero-order valence-corrected chi connectivity index (χ0v) is 17.0. The van der Waals surface area contributed by atoms with Crippen LogP contribution in [-0.4, -0.2) is 56.9 Å². The monoisotopic (exact) mass is 471 g/mol. The fraction of sp³-hybridized carbons (Fsp3) is 0.562. The molecule has 1 aliphatic heterocycles. The minimum absolute atomic E-state index is 0. The van der Waals surface area contributed by atoms with E-state index in [9.17, 15) is 4.39 Å². The fourth-order valence-electron chi connectivity index (χ4n) is 2.30. The Morgan fingerprint density at radius 3 is 2.88 bits per heavy atom. The number of ether oxygens (including phenoxy) is 2. The van der Waals surface area contributed by atoms with E-state index in [2.05, 4.69) is 10.3 Å². The molecule has 8 heteroatoms. The molecule has 1 N–H and O–H groups in total. The zero-order chi connectivity index (χ0) is 16.7. The molecule has 0 radical (unpaired) electrons. The van der Waals surface area contributed by atoms with Crippen LogP contribution in [0.1, 0.15) is 12.5 Å². The lowest BCUT2D eigenvalue weighted by Gasteiger charge is -2.25. The Morgan fingerprint density at radius 1 is 1.46 bits per heavy atom. The second kappa shape index (κ2) is 11.1. The third-order valence-corrected chi connectivity index (χ3v) is 3.84. The van der Waals surface area contributed by atoms with Crippen molar-refractivity contribution >= 4 is 41.5 Å². The van der Waals surface area contributed by atoms with Crippen molar-refractivity contribution in [1.29, 1.82) is 0 Å². The second-order valence-electron chi connectivity index (χ2n) is 5.32. The summed E-state index contributed by atoms with van der Waals surface area (Å²) in [5.74, 6) is 0.366. The normalized spacial score (nSPS) is 18.0. The largest absolute Gasteiger partial charge is 0.376 e. The molecule has 1 aromatic rings. The van der Waals surface area contributed by atoms with Gasteiger partial charge in [0.1, 0.15) is 11.9 Å². The summed E-state index contributed by atoms with van der Waals surface area (Å²) in [5.41, 5.74) is 0.458. The topological polar surface area (TPSA) is 46.1 Å². The molecule has 1 saturated heterocycles. The van der Waals surface area contributed by atoms with Crippen LogP contribution in [0.3, 0.4) is 0 Å². The highest BCUT2D eigenvalue weighted by Crippen LogP contribution is 2.20. The SMILES string of the molecule is CCNC(=NCC1COCCO1)N(C)Cc1c(F)cccc1Cl.I. The third-order valence-electron chi connectivity index (χ3n) is 3.48. The average Bonchev–Trinajstić information content (AvgIpc) is 2.56. The highest BCUT2D eigenvalue weighted by molar-refractivity contribution is 14.0. The van der Waals surface area contributed by atoms with Gasteiger partial charge in [-0.3, -0.25) is 4.99 Å². The van der Waals surface area contributed by atoms with Crippen molar-refractivity contribution in [2.75, 3.05) is 40.0 Å². The van der Waals surface area contributed by atoms with Gasteiger partial charge in [0.25, 0.3) is 0 Å². The van der Waals surface area contributed by atoms with Gasteiger partial charge in [-0.15, -0.1) is 24.0 Å². The lowest BCUT2D eigenvalue weighted by Crippen LogP contribution is -2.40. The Kier molecular flexibility index (Phi) is 9.87. The lowest BCUT2D eigenvalue weighted by molar-refractivity contribution is -0.0833. The number of benzene rings is 1. The molecule has 1 fully saturated rings. The number of nitrogens with zero attached hydrogens (tertiary/aromatic N) is 2. The smallest absolute Gasteiger partial charge is 0.194 e. The van der Waals surface area contributed by atoms with Crippen LogP contribution in [0.25, 0.3) is 0 Å². The molecule has 0 aromatic heterocycles. The molecule has 1 heterocycles. The summed E-state index contributed by atoms with van der Waals surface area (Å²) in [6.07, 6.45) is -0.0390. The summed E-state index contributed by atoms with van der Waals surface area (Å²) >= 11 is 6.09. The van der Waals surface area contributed by atoms with E-state index in [0.29, 0.717) is 49.5 Å². The average molecular weight is 472 g/mol. The van der Waals surface area contributed by atoms with Gasteiger partial charge in [0.15, 0.2) is 5.96 Å². The van der Waals surface area contributed by atoms with Crippen molar-refractivity contribution in [2.24, 2.45) is 4.99 Å². The molecule has 136 valence electrons. The molecule has 0 spiro atoms. The Morgan fingerprint density at radius 2 is 2.25 bits per heavy atom. The van der Waals surface area contributed by atoms with Crippen molar-refractivity contribution in [3.05, 3.63) is 34.6 Å². The van der Waals surface area contributed by atoms with Crippen LogP contribution >= 0.6 is 35.6 Å². The van der Waals surface area contributed by atoms with E-state index in [-0.39, 0.29) is 35.9 Å². The first-order chi connectivity index (χ1) is 11.1. The predicted octanol–water partition coefficient (Wildman–Crippen LogP) is 2.91. The number of hydrogen-bond acceptors (Lipinski definition) is 3. The fourth-order valence-corrected chi connectivity index (χ4v) is 2.52. The van der Waals surface area contributed by atoms with Crippen LogP contribution in [-0.2, 0) is 16.0 Å². The summed E-state index contributed by atoms with van der Waals surface area (Å²) in [7, 11) is 1.85. The maximum atomic E-state index is 13.9. The van der Waals surface area contributed by atoms with E-state index in [1.807, 2.05) is 18.9 Å². The third kappa shape index (κ3) is 6.34. The first kappa shape index (κ1) is 21.4. The van der Waals surface area contributed by atoms with Crippen molar-refractivity contribution in [1.82, 2.24) is 10.2 Å². The number of rotatable bonds is 5. The van der Waals surface area contributed by atoms with Crippen LogP contribution in [0, 0.1) is 5.82 Å². The molecule has 0 bridgehead atoms. The highest BCUT2D eigenvalue weighted by Gasteiger charge is 2.16. The van der Waals surface area contributed by atoms with E-state index in [1.165, 1.54) is 6.07 Å². The Balaban J connectivity index is 0.00000288. The predicted molar refractivity (Wildman–Crippen MR) is 105 cm³/mol. The molecule has 2 rings (SSSR count). The second-order valence-corrected chi connectivity index (χ2v) is 5.73. The van der Waals surface area contributed by atoms with Crippen molar-refractivity contribution in [3.8, 4) is 0 Å². The molecule has 1 aliphatic rings. The minimum Gasteiger partial charge on any atom is -0.376 e. The summed E-state index contributed by atoms with van der Waals surface area (Å²) in [6, 6.07) is 4.69. The van der Waals surface area contributed by atoms with E-state index < -0.39 is 0 Å². The van der Waals surface area contributed by atoms with Crippen molar-refractivity contribution in [3.63, 3.8) is 0 Å². The maximum absolute atomic E-state index is 13.9.